The van der Waals surface area contributed by atoms with E-state index in [-0.39, 0.29) is 0 Å². The quantitative estimate of drug-likeness (QED) is 0.126. The first-order chi connectivity index (χ1) is 12.5. The second kappa shape index (κ2) is 5.06. The molecule has 6 rings (SSSR count). The van der Waals surface area contributed by atoms with E-state index in [4.69, 9.17) is 8.83 Å². The minimum absolute atomic E-state index is 0.839. The second-order valence-corrected chi connectivity index (χ2v) is 9.16. The SMILES string of the molecule is Bc1cc(Br)c2oc3ccc4c(Br)cc(Br)c5oc6ccc1c2c6-c3c45. The lowest BCUT2D eigenvalue weighted by Gasteiger charge is -2.21. The lowest BCUT2D eigenvalue weighted by Crippen LogP contribution is -2.06. The molecule has 0 bridgehead atoms. The predicted octanol–water partition coefficient (Wildman–Crippen LogP) is 6.57. The molecule has 2 heterocycles. The highest BCUT2D eigenvalue weighted by atomic mass is 79.9. The van der Waals surface area contributed by atoms with Gasteiger partial charge in [0.15, 0.2) is 0 Å². The Morgan fingerprint density at radius 3 is 1.85 bits per heavy atom. The third-order valence-electron chi connectivity index (χ3n) is 5.18. The number of benzene rings is 4. The van der Waals surface area contributed by atoms with Crippen molar-refractivity contribution in [3.05, 3.63) is 49.8 Å². The van der Waals surface area contributed by atoms with Crippen molar-refractivity contribution in [1.29, 1.82) is 0 Å². The Morgan fingerprint density at radius 2 is 1.19 bits per heavy atom. The molecule has 2 aliphatic heterocycles. The van der Waals surface area contributed by atoms with E-state index in [2.05, 4.69) is 79.9 Å². The van der Waals surface area contributed by atoms with Crippen LogP contribution in [0.1, 0.15) is 0 Å². The molecule has 0 atom stereocenters. The molecule has 4 aromatic rings. The van der Waals surface area contributed by atoms with Crippen molar-refractivity contribution in [2.24, 2.45) is 0 Å². The molecule has 0 aromatic heterocycles. The lowest BCUT2D eigenvalue weighted by atomic mass is 9.85. The summed E-state index contributed by atoms with van der Waals surface area (Å²) in [5.74, 6) is 0. The smallest absolute Gasteiger partial charge is 0.150 e. The first-order valence-corrected chi connectivity index (χ1v) is 10.5. The van der Waals surface area contributed by atoms with Crippen LogP contribution in [0.4, 0.5) is 0 Å². The Morgan fingerprint density at radius 1 is 0.654 bits per heavy atom. The number of halogens is 3. The van der Waals surface area contributed by atoms with Gasteiger partial charge in [0.25, 0.3) is 0 Å². The molecule has 0 saturated carbocycles. The number of hydrogen-bond donors (Lipinski definition) is 0. The fourth-order valence-electron chi connectivity index (χ4n) is 4.08. The zero-order chi connectivity index (χ0) is 17.7. The normalized spacial score (nSPS) is 12.6. The predicted molar refractivity (Wildman–Crippen MR) is 120 cm³/mol. The van der Waals surface area contributed by atoms with Crippen LogP contribution in [0, 0.1) is 0 Å². The molecule has 4 aromatic carbocycles. The molecule has 2 aliphatic rings. The molecular weight excluding hydrogens is 523 g/mol. The van der Waals surface area contributed by atoms with Crippen molar-refractivity contribution in [2.75, 3.05) is 0 Å². The van der Waals surface area contributed by atoms with Gasteiger partial charge in [0.2, 0.25) is 0 Å². The van der Waals surface area contributed by atoms with E-state index in [0.29, 0.717) is 0 Å². The van der Waals surface area contributed by atoms with Gasteiger partial charge in [-0.15, -0.1) is 0 Å². The zero-order valence-corrected chi connectivity index (χ0v) is 18.2. The summed E-state index contributed by atoms with van der Waals surface area (Å²) in [4.78, 5) is 0. The van der Waals surface area contributed by atoms with Crippen molar-refractivity contribution in [3.8, 4) is 11.1 Å². The van der Waals surface area contributed by atoms with Crippen molar-refractivity contribution >= 4 is 105 Å². The Balaban J connectivity index is 2.06. The summed E-state index contributed by atoms with van der Waals surface area (Å²) >= 11 is 11.0. The van der Waals surface area contributed by atoms with Crippen molar-refractivity contribution < 1.29 is 8.83 Å². The average Bonchev–Trinajstić information content (AvgIpc) is 2.62. The first-order valence-electron chi connectivity index (χ1n) is 8.11. The first kappa shape index (κ1) is 15.6. The van der Waals surface area contributed by atoms with Crippen LogP contribution in [0.15, 0.2) is 58.7 Å². The maximum absolute atomic E-state index is 6.37. The summed E-state index contributed by atoms with van der Waals surface area (Å²) in [6.07, 6.45) is 0. The molecule has 0 fully saturated rings. The van der Waals surface area contributed by atoms with E-state index in [1.807, 2.05) is 12.1 Å². The van der Waals surface area contributed by atoms with E-state index < -0.39 is 0 Å². The summed E-state index contributed by atoms with van der Waals surface area (Å²) in [5, 5.41) is 4.48. The van der Waals surface area contributed by atoms with Gasteiger partial charge in [-0.2, -0.15) is 0 Å². The van der Waals surface area contributed by atoms with E-state index >= 15 is 0 Å². The third-order valence-corrected chi connectivity index (χ3v) is 7.01. The average molecular weight is 531 g/mol. The summed E-state index contributed by atoms with van der Waals surface area (Å²) in [7, 11) is 2.12. The Labute approximate surface area is 174 Å². The summed E-state index contributed by atoms with van der Waals surface area (Å²) in [5.41, 5.74) is 6.85. The third kappa shape index (κ3) is 1.78. The number of hydrogen-bond acceptors (Lipinski definition) is 2. The fourth-order valence-corrected chi connectivity index (χ4v) is 6.08. The van der Waals surface area contributed by atoms with Crippen molar-refractivity contribution in [1.82, 2.24) is 0 Å². The van der Waals surface area contributed by atoms with Gasteiger partial charge in [-0.3, -0.25) is 0 Å². The van der Waals surface area contributed by atoms with E-state index in [1.54, 1.807) is 0 Å². The highest BCUT2D eigenvalue weighted by molar-refractivity contribution is 9.11. The Kier molecular flexibility index (Phi) is 3.03. The Hall–Kier alpha value is -1.50. The molecule has 0 spiro atoms. The summed E-state index contributed by atoms with van der Waals surface area (Å²) in [6, 6.07) is 12.4. The molecule has 0 saturated heterocycles. The van der Waals surface area contributed by atoms with Crippen LogP contribution in [-0.4, -0.2) is 7.85 Å². The van der Waals surface area contributed by atoms with Gasteiger partial charge in [-0.1, -0.05) is 27.5 Å². The molecule has 2 nitrogen and oxygen atoms in total. The van der Waals surface area contributed by atoms with Crippen LogP contribution >= 0.6 is 47.8 Å². The van der Waals surface area contributed by atoms with Crippen molar-refractivity contribution in [3.63, 3.8) is 0 Å². The van der Waals surface area contributed by atoms with Crippen LogP contribution in [0.5, 0.6) is 0 Å². The molecule has 0 N–H and O–H groups in total. The van der Waals surface area contributed by atoms with Crippen LogP contribution in [-0.2, 0) is 0 Å². The molecule has 0 unspecified atom stereocenters. The molecule has 124 valence electrons. The maximum atomic E-state index is 6.37. The highest BCUT2D eigenvalue weighted by Gasteiger charge is 2.27. The summed E-state index contributed by atoms with van der Waals surface area (Å²) in [6.45, 7) is 0. The minimum Gasteiger partial charge on any atom is -0.455 e. The van der Waals surface area contributed by atoms with Crippen LogP contribution in [0.2, 0.25) is 0 Å². The topological polar surface area (TPSA) is 26.3 Å². The second-order valence-electron chi connectivity index (χ2n) is 6.60. The van der Waals surface area contributed by atoms with Gasteiger partial charge in [-0.05, 0) is 67.6 Å². The fraction of sp³-hybridized carbons (Fsp3) is 0. The zero-order valence-electron chi connectivity index (χ0n) is 13.4. The van der Waals surface area contributed by atoms with Gasteiger partial charge >= 0.3 is 0 Å². The minimum atomic E-state index is 0.839. The molecule has 0 amide bonds. The van der Waals surface area contributed by atoms with E-state index in [9.17, 15) is 0 Å². The van der Waals surface area contributed by atoms with Gasteiger partial charge in [0, 0.05) is 31.8 Å². The summed E-state index contributed by atoms with van der Waals surface area (Å²) < 4.78 is 15.7. The van der Waals surface area contributed by atoms with E-state index in [1.165, 1.54) is 10.8 Å². The Bertz CT molecular complexity index is 1360. The van der Waals surface area contributed by atoms with Gasteiger partial charge in [0.05, 0.1) is 8.95 Å². The molecule has 0 aliphatic carbocycles. The van der Waals surface area contributed by atoms with Gasteiger partial charge in [-0.25, -0.2) is 0 Å². The maximum Gasteiger partial charge on any atom is 0.150 e. The standard InChI is InChI=1S/C20H8BBr3O2/c21-9-5-11(23)19-15-7(9)1-3-13-17(15)18-14(25-19)4-2-8-10(22)6-12(24)20(26-13)16(8)18/h1-6H,21H2. The largest absolute Gasteiger partial charge is 0.455 e. The molecular formula is C20H8BBr3O2. The van der Waals surface area contributed by atoms with Crippen LogP contribution in [0.3, 0.4) is 0 Å². The van der Waals surface area contributed by atoms with Crippen LogP contribution < -0.4 is 5.46 Å². The van der Waals surface area contributed by atoms with Crippen LogP contribution in [0.25, 0.3) is 55.0 Å². The highest BCUT2D eigenvalue weighted by Crippen LogP contribution is 2.50. The number of rotatable bonds is 0. The monoisotopic (exact) mass is 528 g/mol. The lowest BCUT2D eigenvalue weighted by molar-refractivity contribution is 0.644. The molecule has 0 radical (unpaired) electrons. The van der Waals surface area contributed by atoms with Gasteiger partial charge < -0.3 is 8.83 Å². The van der Waals surface area contributed by atoms with E-state index in [0.717, 1.165) is 63.0 Å². The molecule has 26 heavy (non-hydrogen) atoms. The molecule has 6 heteroatoms. The van der Waals surface area contributed by atoms with Gasteiger partial charge in [0.1, 0.15) is 30.2 Å². The van der Waals surface area contributed by atoms with Crippen molar-refractivity contribution in [2.45, 2.75) is 0 Å².